The molecule has 6 heteroatoms. The van der Waals surface area contributed by atoms with Gasteiger partial charge in [-0.25, -0.2) is 0 Å². The minimum absolute atomic E-state index is 0.684. The number of para-hydroxylation sites is 2. The molecule has 3 heterocycles. The summed E-state index contributed by atoms with van der Waals surface area (Å²) < 4.78 is 15.0. The lowest BCUT2D eigenvalue weighted by atomic mass is 10.1. The molecular formula is C49H30BrCl2NO2. The zero-order chi connectivity index (χ0) is 37.0. The summed E-state index contributed by atoms with van der Waals surface area (Å²) in [7, 11) is 0. The van der Waals surface area contributed by atoms with Crippen molar-refractivity contribution in [1.29, 1.82) is 0 Å². The maximum absolute atomic E-state index is 6.13. The number of benzene rings is 8. The van der Waals surface area contributed by atoms with Crippen LogP contribution < -0.4 is 0 Å². The zero-order valence-corrected chi connectivity index (χ0v) is 32.4. The van der Waals surface area contributed by atoms with Crippen molar-refractivity contribution in [1.82, 2.24) is 4.57 Å². The summed E-state index contributed by atoms with van der Waals surface area (Å²) in [6.07, 6.45) is 1.10. The van der Waals surface area contributed by atoms with Crippen molar-refractivity contribution in [3.05, 3.63) is 196 Å². The first-order valence-corrected chi connectivity index (χ1v) is 19.6. The van der Waals surface area contributed by atoms with Crippen molar-refractivity contribution in [2.45, 2.75) is 6.42 Å². The molecule has 0 saturated heterocycles. The Morgan fingerprint density at radius 3 is 1.49 bits per heavy atom. The van der Waals surface area contributed by atoms with E-state index in [2.05, 4.69) is 136 Å². The van der Waals surface area contributed by atoms with Gasteiger partial charge in [-0.2, -0.15) is 0 Å². The lowest BCUT2D eigenvalue weighted by Gasteiger charge is -2.07. The topological polar surface area (TPSA) is 31.2 Å². The zero-order valence-electron chi connectivity index (χ0n) is 29.3. The molecule has 0 saturated carbocycles. The Kier molecular flexibility index (Phi) is 8.48. The van der Waals surface area contributed by atoms with Crippen LogP contribution in [0.15, 0.2) is 183 Å². The molecule has 0 radical (unpaired) electrons. The summed E-state index contributed by atoms with van der Waals surface area (Å²) in [4.78, 5) is 0. The number of nitrogens with zero attached hydrogens (tertiary/aromatic N) is 1. The number of fused-ring (bicyclic) bond motifs is 12. The van der Waals surface area contributed by atoms with Crippen LogP contribution in [0.25, 0.3) is 82.5 Å². The van der Waals surface area contributed by atoms with E-state index in [9.17, 15) is 0 Å². The first kappa shape index (κ1) is 33.8. The molecule has 1 aliphatic rings. The lowest BCUT2D eigenvalue weighted by Crippen LogP contribution is -1.93. The SMILES string of the molecule is Clc1ccc2c(c1)oc1ccc(-n3c4ccccc4c4ccccc43)cc12.Clc1ccc2c(c1)oc1ccc(Br)cc12.c1ccc2c(c1)Cc1ccccc1-2. The van der Waals surface area contributed by atoms with Gasteiger partial charge in [0.25, 0.3) is 0 Å². The van der Waals surface area contributed by atoms with Crippen LogP contribution in [0.4, 0.5) is 0 Å². The first-order chi connectivity index (χ1) is 27.0. The predicted octanol–water partition coefficient (Wildman–Crippen LogP) is 15.6. The Balaban J connectivity index is 0.000000112. The molecule has 0 amide bonds. The highest BCUT2D eigenvalue weighted by molar-refractivity contribution is 9.10. The Morgan fingerprint density at radius 2 is 0.909 bits per heavy atom. The fraction of sp³-hybridized carbons (Fsp3) is 0.0204. The van der Waals surface area contributed by atoms with E-state index in [4.69, 9.17) is 32.0 Å². The van der Waals surface area contributed by atoms with Gasteiger partial charge in [0, 0.05) is 64.7 Å². The van der Waals surface area contributed by atoms with E-state index in [0.29, 0.717) is 10.0 Å². The lowest BCUT2D eigenvalue weighted by molar-refractivity contribution is 0.668. The van der Waals surface area contributed by atoms with Gasteiger partial charge in [0.1, 0.15) is 22.3 Å². The molecule has 0 bridgehead atoms. The molecule has 3 nitrogen and oxygen atoms in total. The molecule has 3 aromatic heterocycles. The third-order valence-electron chi connectivity index (χ3n) is 10.4. The van der Waals surface area contributed by atoms with Crippen LogP contribution in [0.2, 0.25) is 10.0 Å². The monoisotopic (exact) mass is 813 g/mol. The highest BCUT2D eigenvalue weighted by atomic mass is 79.9. The minimum atomic E-state index is 0.684. The Hall–Kier alpha value is -5.78. The van der Waals surface area contributed by atoms with E-state index in [1.165, 1.54) is 44.1 Å². The molecule has 264 valence electrons. The molecule has 0 N–H and O–H groups in total. The molecule has 11 aromatic rings. The Bertz CT molecular complexity index is 3150. The van der Waals surface area contributed by atoms with Crippen molar-refractivity contribution in [2.75, 3.05) is 0 Å². The van der Waals surface area contributed by atoms with Crippen molar-refractivity contribution >= 4 is 105 Å². The maximum atomic E-state index is 6.13. The van der Waals surface area contributed by atoms with Crippen LogP contribution in [0.3, 0.4) is 0 Å². The molecule has 0 atom stereocenters. The van der Waals surface area contributed by atoms with Gasteiger partial charge in [-0.1, -0.05) is 124 Å². The Labute approximate surface area is 335 Å². The van der Waals surface area contributed by atoms with Gasteiger partial charge >= 0.3 is 0 Å². The molecule has 0 aliphatic heterocycles. The summed E-state index contributed by atoms with van der Waals surface area (Å²) in [5.74, 6) is 0. The van der Waals surface area contributed by atoms with E-state index in [1.54, 1.807) is 0 Å². The number of hydrogen-bond acceptors (Lipinski definition) is 2. The van der Waals surface area contributed by atoms with Crippen LogP contribution in [0, 0.1) is 0 Å². The largest absolute Gasteiger partial charge is 0.456 e. The van der Waals surface area contributed by atoms with Gasteiger partial charge in [-0.3, -0.25) is 0 Å². The van der Waals surface area contributed by atoms with Crippen molar-refractivity contribution < 1.29 is 8.83 Å². The van der Waals surface area contributed by atoms with Crippen LogP contribution >= 0.6 is 39.1 Å². The van der Waals surface area contributed by atoms with Gasteiger partial charge in [-0.05, 0) is 101 Å². The van der Waals surface area contributed by atoms with Crippen LogP contribution in [-0.4, -0.2) is 4.57 Å². The smallest absolute Gasteiger partial charge is 0.136 e. The second-order valence-corrected chi connectivity index (χ2v) is 15.5. The third kappa shape index (κ3) is 6.07. The number of rotatable bonds is 1. The van der Waals surface area contributed by atoms with E-state index in [-0.39, 0.29) is 0 Å². The quantitative estimate of drug-likeness (QED) is 0.165. The minimum Gasteiger partial charge on any atom is -0.456 e. The van der Waals surface area contributed by atoms with Crippen molar-refractivity contribution in [2.24, 2.45) is 0 Å². The maximum Gasteiger partial charge on any atom is 0.136 e. The van der Waals surface area contributed by atoms with Crippen molar-refractivity contribution in [3.8, 4) is 16.8 Å². The van der Waals surface area contributed by atoms with Gasteiger partial charge in [0.2, 0.25) is 0 Å². The summed E-state index contributed by atoms with van der Waals surface area (Å²) in [5, 5.41) is 8.28. The van der Waals surface area contributed by atoms with E-state index >= 15 is 0 Å². The molecule has 0 unspecified atom stereocenters. The number of furan rings is 2. The number of halogens is 3. The molecule has 55 heavy (non-hydrogen) atoms. The summed E-state index contributed by atoms with van der Waals surface area (Å²) in [6, 6.07) is 58.2. The van der Waals surface area contributed by atoms with Gasteiger partial charge in [0.05, 0.1) is 11.0 Å². The fourth-order valence-electron chi connectivity index (χ4n) is 7.88. The second kappa shape index (κ2) is 13.8. The Morgan fingerprint density at radius 1 is 0.418 bits per heavy atom. The summed E-state index contributed by atoms with van der Waals surface area (Å²) in [6.45, 7) is 0. The summed E-state index contributed by atoms with van der Waals surface area (Å²) >= 11 is 15.5. The first-order valence-electron chi connectivity index (χ1n) is 18.0. The average molecular weight is 816 g/mol. The number of hydrogen-bond donors (Lipinski definition) is 0. The normalized spacial score (nSPS) is 11.8. The molecule has 1 aliphatic carbocycles. The van der Waals surface area contributed by atoms with Gasteiger partial charge in [-0.15, -0.1) is 0 Å². The van der Waals surface area contributed by atoms with E-state index < -0.39 is 0 Å². The highest BCUT2D eigenvalue weighted by Crippen LogP contribution is 2.38. The van der Waals surface area contributed by atoms with Gasteiger partial charge < -0.3 is 13.4 Å². The second-order valence-electron chi connectivity index (χ2n) is 13.7. The van der Waals surface area contributed by atoms with Crippen LogP contribution in [-0.2, 0) is 6.42 Å². The third-order valence-corrected chi connectivity index (χ3v) is 11.3. The van der Waals surface area contributed by atoms with Crippen molar-refractivity contribution in [3.63, 3.8) is 0 Å². The highest BCUT2D eigenvalue weighted by Gasteiger charge is 2.16. The van der Waals surface area contributed by atoms with Crippen LogP contribution in [0.5, 0.6) is 0 Å². The van der Waals surface area contributed by atoms with Crippen LogP contribution in [0.1, 0.15) is 11.1 Å². The number of aromatic nitrogens is 1. The predicted molar refractivity (Wildman–Crippen MR) is 234 cm³/mol. The average Bonchev–Trinajstić information content (AvgIpc) is 3.96. The molecule has 8 aromatic carbocycles. The summed E-state index contributed by atoms with van der Waals surface area (Å²) in [5.41, 5.74) is 12.7. The van der Waals surface area contributed by atoms with E-state index in [1.807, 2.05) is 54.6 Å². The van der Waals surface area contributed by atoms with E-state index in [0.717, 1.165) is 60.5 Å². The molecule has 0 spiro atoms. The molecule has 0 fully saturated rings. The molecular weight excluding hydrogens is 785 g/mol. The standard InChI is InChI=1S/C24H14ClNO.C13H10.C12H6BrClO/c25-15-9-11-19-20-14-16(10-12-23(20)27-24(19)13-15)26-21-7-3-1-5-17(21)18-6-2-4-8-22(18)26;1-3-7-12-10(5-1)9-11-6-2-4-8-13(11)12;13-7-1-4-11-10(5-7)9-3-2-8(14)6-12(9)15-11/h1-14H;1-8H,9H2;1-6H. The molecule has 12 rings (SSSR count). The fourth-order valence-corrected chi connectivity index (χ4v) is 8.57. The van der Waals surface area contributed by atoms with Gasteiger partial charge in [0.15, 0.2) is 0 Å².